The Bertz CT molecular complexity index is 1280. The van der Waals surface area contributed by atoms with Crippen LogP contribution in [0.1, 0.15) is 45.6 Å². The lowest BCUT2D eigenvalue weighted by atomic mass is 9.95. The maximum atomic E-state index is 14.0. The third-order valence-electron chi connectivity index (χ3n) is 6.31. The molecule has 0 atom stereocenters. The van der Waals surface area contributed by atoms with Crippen molar-refractivity contribution in [3.8, 4) is 11.3 Å². The maximum absolute atomic E-state index is 14.0. The average Bonchev–Trinajstić information content (AvgIpc) is 3.18. The lowest BCUT2D eigenvalue weighted by Crippen LogP contribution is -2.41. The molecule has 1 aliphatic heterocycles. The van der Waals surface area contributed by atoms with Crippen LogP contribution in [0.15, 0.2) is 35.4 Å². The second-order valence-corrected chi connectivity index (χ2v) is 11.7. The number of ether oxygens (including phenoxy) is 1. The predicted molar refractivity (Wildman–Crippen MR) is 140 cm³/mol. The largest absolute Gasteiger partial charge is 0.444 e. The van der Waals surface area contributed by atoms with Crippen LogP contribution < -0.4 is 0 Å². The molecule has 1 aromatic carbocycles. The van der Waals surface area contributed by atoms with Gasteiger partial charge in [-0.3, -0.25) is 0 Å². The number of hydrogen-bond donors (Lipinski definition) is 0. The number of amides is 1. The van der Waals surface area contributed by atoms with Crippen molar-refractivity contribution >= 4 is 40.5 Å². The SMILES string of the molecule is Cn1ccc2c(-c3ccc(SCCC4CCN(C(=O)OC(C)(C)C)CC4)c(C(F)(F)F)c3)nc(Cl)nc21. The number of aryl methyl sites for hydroxylation is 1. The molecule has 37 heavy (non-hydrogen) atoms. The Labute approximate surface area is 223 Å². The van der Waals surface area contributed by atoms with Crippen LogP contribution in [0.4, 0.5) is 18.0 Å². The standard InChI is InChI=1S/C26H30ClF3N4O2S/c1-25(2,3)36-24(35)34-12-7-16(8-13-34)10-14-37-20-6-5-17(15-19(20)26(28,29)30)21-18-9-11-33(4)22(18)32-23(27)31-21/h5-6,9,11,15-16H,7-8,10,12-14H2,1-4H3. The second kappa shape index (κ2) is 10.7. The minimum Gasteiger partial charge on any atom is -0.444 e. The summed E-state index contributed by atoms with van der Waals surface area (Å²) in [5.41, 5.74) is 0.0396. The van der Waals surface area contributed by atoms with Gasteiger partial charge in [-0.25, -0.2) is 9.78 Å². The quantitative estimate of drug-likeness (QED) is 0.242. The zero-order chi connectivity index (χ0) is 27.0. The molecule has 6 nitrogen and oxygen atoms in total. The van der Waals surface area contributed by atoms with Crippen LogP contribution in [0.25, 0.3) is 22.3 Å². The number of aromatic nitrogens is 3. The van der Waals surface area contributed by atoms with Crippen molar-refractivity contribution in [1.29, 1.82) is 0 Å². The molecular formula is C26H30ClF3N4O2S. The summed E-state index contributed by atoms with van der Waals surface area (Å²) in [5.74, 6) is 0.913. The van der Waals surface area contributed by atoms with E-state index >= 15 is 0 Å². The topological polar surface area (TPSA) is 60.2 Å². The number of carbonyl (C=O) groups is 1. The first-order valence-electron chi connectivity index (χ1n) is 12.1. The second-order valence-electron chi connectivity index (χ2n) is 10.3. The van der Waals surface area contributed by atoms with E-state index < -0.39 is 17.3 Å². The van der Waals surface area contributed by atoms with Crippen molar-refractivity contribution < 1.29 is 22.7 Å². The zero-order valence-corrected chi connectivity index (χ0v) is 22.8. The Hall–Kier alpha value is -2.46. The first-order chi connectivity index (χ1) is 17.3. The van der Waals surface area contributed by atoms with Crippen molar-refractivity contribution in [2.45, 2.75) is 56.7 Å². The molecule has 0 unspecified atom stereocenters. The summed E-state index contributed by atoms with van der Waals surface area (Å²) in [4.78, 5) is 22.6. The first-order valence-corrected chi connectivity index (χ1v) is 13.5. The summed E-state index contributed by atoms with van der Waals surface area (Å²) in [6, 6.07) is 6.08. The smallest absolute Gasteiger partial charge is 0.417 e. The van der Waals surface area contributed by atoms with Gasteiger partial charge >= 0.3 is 12.3 Å². The van der Waals surface area contributed by atoms with E-state index in [1.807, 2.05) is 20.8 Å². The average molecular weight is 555 g/mol. The molecule has 1 amide bonds. The minimum atomic E-state index is -4.51. The van der Waals surface area contributed by atoms with Gasteiger partial charge in [0.05, 0.1) is 11.3 Å². The van der Waals surface area contributed by atoms with E-state index in [1.165, 1.54) is 17.8 Å². The summed E-state index contributed by atoms with van der Waals surface area (Å²) >= 11 is 7.28. The normalized spacial score (nSPS) is 15.4. The highest BCUT2D eigenvalue weighted by atomic mass is 35.5. The summed E-state index contributed by atoms with van der Waals surface area (Å²) in [7, 11) is 1.79. The fourth-order valence-electron chi connectivity index (χ4n) is 4.42. The molecule has 3 aromatic rings. The number of carbonyl (C=O) groups excluding carboxylic acids is 1. The molecule has 4 rings (SSSR count). The highest BCUT2D eigenvalue weighted by Crippen LogP contribution is 2.40. The number of nitrogens with zero attached hydrogens (tertiary/aromatic N) is 4. The van der Waals surface area contributed by atoms with E-state index in [0.717, 1.165) is 25.3 Å². The van der Waals surface area contributed by atoms with Crippen LogP contribution in [-0.2, 0) is 18.0 Å². The van der Waals surface area contributed by atoms with Gasteiger partial charge in [0.25, 0.3) is 0 Å². The highest BCUT2D eigenvalue weighted by Gasteiger charge is 2.34. The van der Waals surface area contributed by atoms with Crippen molar-refractivity contribution in [1.82, 2.24) is 19.4 Å². The fraction of sp³-hybridized carbons (Fsp3) is 0.500. The summed E-state index contributed by atoms with van der Waals surface area (Å²) < 4.78 is 49.3. The first kappa shape index (κ1) is 27.6. The number of piperidine rings is 1. The number of thioether (sulfide) groups is 1. The number of alkyl halides is 3. The molecule has 0 spiro atoms. The number of fused-ring (bicyclic) bond motifs is 1. The predicted octanol–water partition coefficient (Wildman–Crippen LogP) is 7.44. The van der Waals surface area contributed by atoms with E-state index in [1.54, 1.807) is 34.8 Å². The summed E-state index contributed by atoms with van der Waals surface area (Å²) in [5, 5.41) is 0.618. The third kappa shape index (κ3) is 6.71. The van der Waals surface area contributed by atoms with Gasteiger partial charge < -0.3 is 14.2 Å². The number of hydrogen-bond acceptors (Lipinski definition) is 5. The van der Waals surface area contributed by atoms with Crippen molar-refractivity contribution in [2.24, 2.45) is 13.0 Å². The van der Waals surface area contributed by atoms with Crippen LogP contribution in [0.2, 0.25) is 5.28 Å². The van der Waals surface area contributed by atoms with Crippen molar-refractivity contribution in [3.63, 3.8) is 0 Å². The van der Waals surface area contributed by atoms with Crippen LogP contribution >= 0.6 is 23.4 Å². The van der Waals surface area contributed by atoms with Gasteiger partial charge in [0, 0.05) is 42.2 Å². The molecular weight excluding hydrogens is 525 g/mol. The zero-order valence-electron chi connectivity index (χ0n) is 21.2. The third-order valence-corrected chi connectivity index (χ3v) is 7.58. The van der Waals surface area contributed by atoms with Crippen LogP contribution in [0.3, 0.4) is 0 Å². The minimum absolute atomic E-state index is 0.0194. The maximum Gasteiger partial charge on any atom is 0.417 e. The molecule has 1 fully saturated rings. The number of benzene rings is 1. The van der Waals surface area contributed by atoms with E-state index in [-0.39, 0.29) is 16.3 Å². The Morgan fingerprint density at radius 3 is 2.51 bits per heavy atom. The molecule has 0 bridgehead atoms. The summed E-state index contributed by atoms with van der Waals surface area (Å²) in [6.45, 7) is 6.70. The lowest BCUT2D eigenvalue weighted by molar-refractivity contribution is -0.139. The Morgan fingerprint density at radius 2 is 1.86 bits per heavy atom. The molecule has 200 valence electrons. The van der Waals surface area contributed by atoms with Gasteiger partial charge in [0.1, 0.15) is 11.2 Å². The van der Waals surface area contributed by atoms with Gasteiger partial charge in [-0.15, -0.1) is 11.8 Å². The molecule has 1 saturated heterocycles. The van der Waals surface area contributed by atoms with E-state index in [4.69, 9.17) is 16.3 Å². The Morgan fingerprint density at radius 1 is 1.16 bits per heavy atom. The molecule has 0 aliphatic carbocycles. The molecule has 0 N–H and O–H groups in total. The van der Waals surface area contributed by atoms with Gasteiger partial charge in [-0.2, -0.15) is 18.2 Å². The van der Waals surface area contributed by atoms with Crippen molar-refractivity contribution in [2.75, 3.05) is 18.8 Å². The van der Waals surface area contributed by atoms with Gasteiger partial charge in [0.2, 0.25) is 5.28 Å². The monoisotopic (exact) mass is 554 g/mol. The number of halogens is 4. The number of likely N-dealkylation sites (tertiary alicyclic amines) is 1. The van der Waals surface area contributed by atoms with Gasteiger partial charge in [0.15, 0.2) is 0 Å². The highest BCUT2D eigenvalue weighted by molar-refractivity contribution is 7.99. The van der Waals surface area contributed by atoms with Crippen LogP contribution in [-0.4, -0.2) is 50.0 Å². The Kier molecular flexibility index (Phi) is 7.99. The molecule has 0 saturated carbocycles. The van der Waals surface area contributed by atoms with E-state index in [9.17, 15) is 18.0 Å². The molecule has 11 heteroatoms. The summed E-state index contributed by atoms with van der Waals surface area (Å²) in [6.07, 6.45) is -0.653. The van der Waals surface area contributed by atoms with Gasteiger partial charge in [-0.05, 0) is 81.5 Å². The van der Waals surface area contributed by atoms with Crippen LogP contribution in [0.5, 0.6) is 0 Å². The van der Waals surface area contributed by atoms with Crippen LogP contribution in [0, 0.1) is 5.92 Å². The van der Waals surface area contributed by atoms with Crippen molar-refractivity contribution in [3.05, 3.63) is 41.3 Å². The number of rotatable bonds is 5. The molecule has 2 aromatic heterocycles. The Balaban J connectivity index is 1.43. The lowest BCUT2D eigenvalue weighted by Gasteiger charge is -2.33. The molecule has 3 heterocycles. The molecule has 1 aliphatic rings. The van der Waals surface area contributed by atoms with E-state index in [0.29, 0.717) is 47.1 Å². The molecule has 0 radical (unpaired) electrons. The fourth-order valence-corrected chi connectivity index (χ4v) is 5.75. The van der Waals surface area contributed by atoms with E-state index in [2.05, 4.69) is 9.97 Å². The van der Waals surface area contributed by atoms with Gasteiger partial charge in [-0.1, -0.05) is 6.07 Å².